The first-order valence-corrected chi connectivity index (χ1v) is 8.11. The predicted octanol–water partition coefficient (Wildman–Crippen LogP) is 2.87. The fourth-order valence-corrected chi connectivity index (χ4v) is 2.51. The highest BCUT2D eigenvalue weighted by molar-refractivity contribution is 7.93. The molecule has 0 aliphatic rings. The van der Waals surface area contributed by atoms with Crippen molar-refractivity contribution in [2.45, 2.75) is 31.3 Å². The molecule has 7 heteroatoms. The molecule has 0 saturated heterocycles. The Balaban J connectivity index is 3.05. The van der Waals surface area contributed by atoms with E-state index < -0.39 is 27.4 Å². The van der Waals surface area contributed by atoms with Gasteiger partial charge in [0.05, 0.1) is 22.4 Å². The summed E-state index contributed by atoms with van der Waals surface area (Å²) in [5.74, 6) is -0.492. The molecule has 1 unspecified atom stereocenters. The maximum absolute atomic E-state index is 12.5. The van der Waals surface area contributed by atoms with Crippen molar-refractivity contribution >= 4 is 21.8 Å². The van der Waals surface area contributed by atoms with Gasteiger partial charge in [-0.1, -0.05) is 0 Å². The van der Waals surface area contributed by atoms with E-state index in [4.69, 9.17) is 4.74 Å². The van der Waals surface area contributed by atoms with Crippen molar-refractivity contribution in [3.8, 4) is 0 Å². The van der Waals surface area contributed by atoms with Crippen LogP contribution in [0.3, 0.4) is 0 Å². The number of esters is 1. The number of ether oxygens (including phenoxy) is 2. The van der Waals surface area contributed by atoms with Crippen molar-refractivity contribution < 1.29 is 23.3 Å². The van der Waals surface area contributed by atoms with Gasteiger partial charge in [0.2, 0.25) is 0 Å². The van der Waals surface area contributed by atoms with Crippen LogP contribution in [-0.4, -0.2) is 35.2 Å². The molecule has 1 aromatic carbocycles. The fourth-order valence-electron chi connectivity index (χ4n) is 1.44. The van der Waals surface area contributed by atoms with Gasteiger partial charge in [-0.05, 0) is 45.0 Å². The van der Waals surface area contributed by atoms with Gasteiger partial charge in [-0.25, -0.2) is 13.8 Å². The average molecular weight is 313 g/mol. The van der Waals surface area contributed by atoms with Gasteiger partial charge in [0, 0.05) is 11.2 Å². The molecule has 0 aliphatic heterocycles. The van der Waals surface area contributed by atoms with E-state index in [2.05, 4.69) is 9.10 Å². The summed E-state index contributed by atoms with van der Waals surface area (Å²) in [5, 5.41) is 0. The summed E-state index contributed by atoms with van der Waals surface area (Å²) in [6.07, 6.45) is 0.455. The Kier molecular flexibility index (Phi) is 5.11. The second-order valence-corrected chi connectivity index (χ2v) is 7.65. The number of benzene rings is 1. The number of hydrogen-bond acceptors (Lipinski definition) is 5. The van der Waals surface area contributed by atoms with Crippen LogP contribution in [0.15, 0.2) is 33.5 Å². The number of rotatable bonds is 2. The molecule has 0 heterocycles. The molecule has 0 fully saturated rings. The SMILES string of the molecule is COC(=O)c1ccc(S(C)(=O)=NC(=O)OC(C)(C)C)cc1. The fraction of sp³-hybridized carbons (Fsp3) is 0.429. The van der Waals surface area contributed by atoms with E-state index >= 15 is 0 Å². The van der Waals surface area contributed by atoms with E-state index in [1.54, 1.807) is 20.8 Å². The van der Waals surface area contributed by atoms with E-state index in [1.165, 1.54) is 37.6 Å². The van der Waals surface area contributed by atoms with Crippen molar-refractivity contribution in [2.24, 2.45) is 4.36 Å². The maximum Gasteiger partial charge on any atom is 0.442 e. The normalized spacial score (nSPS) is 14.0. The molecule has 21 heavy (non-hydrogen) atoms. The first-order chi connectivity index (χ1) is 9.55. The number of hydrogen-bond donors (Lipinski definition) is 0. The average Bonchev–Trinajstić information content (AvgIpc) is 2.35. The minimum Gasteiger partial charge on any atom is -0.465 e. The Morgan fingerprint density at radius 1 is 1.14 bits per heavy atom. The third-order valence-electron chi connectivity index (χ3n) is 2.35. The lowest BCUT2D eigenvalue weighted by Crippen LogP contribution is -2.22. The molecule has 0 bridgehead atoms. The van der Waals surface area contributed by atoms with Gasteiger partial charge in [-0.2, -0.15) is 0 Å². The lowest BCUT2D eigenvalue weighted by Gasteiger charge is -2.17. The zero-order valence-electron chi connectivity index (χ0n) is 12.7. The maximum atomic E-state index is 12.5. The standard InChI is InChI=1S/C14H19NO5S/c1-14(2,3)20-13(17)15-21(5,18)11-8-6-10(7-9-11)12(16)19-4/h6-9H,1-5H3. The second-order valence-electron chi connectivity index (χ2n) is 5.39. The summed E-state index contributed by atoms with van der Waals surface area (Å²) in [4.78, 5) is 23.3. The molecule has 0 saturated carbocycles. The van der Waals surface area contributed by atoms with Crippen LogP contribution in [0.2, 0.25) is 0 Å². The van der Waals surface area contributed by atoms with E-state index in [9.17, 15) is 13.8 Å². The van der Waals surface area contributed by atoms with Crippen LogP contribution in [0, 0.1) is 0 Å². The first kappa shape index (κ1) is 17.2. The summed E-state index contributed by atoms with van der Waals surface area (Å²) in [6, 6.07) is 5.88. The summed E-state index contributed by atoms with van der Waals surface area (Å²) in [6.45, 7) is 5.09. The van der Waals surface area contributed by atoms with Crippen LogP contribution in [-0.2, 0) is 19.2 Å². The monoisotopic (exact) mass is 313 g/mol. The first-order valence-electron chi connectivity index (χ1n) is 6.19. The van der Waals surface area contributed by atoms with E-state index in [0.29, 0.717) is 10.5 Å². The van der Waals surface area contributed by atoms with Gasteiger partial charge in [0.25, 0.3) is 0 Å². The topological polar surface area (TPSA) is 82.0 Å². The Hall–Kier alpha value is -1.89. The number of carbonyl (C=O) groups is 2. The van der Waals surface area contributed by atoms with Crippen molar-refractivity contribution in [1.29, 1.82) is 0 Å². The molecule has 0 aromatic heterocycles. The number of amides is 1. The van der Waals surface area contributed by atoms with Crippen LogP contribution in [0.5, 0.6) is 0 Å². The second kappa shape index (κ2) is 6.26. The molecule has 0 radical (unpaired) electrons. The molecule has 116 valence electrons. The summed E-state index contributed by atoms with van der Waals surface area (Å²) in [7, 11) is -1.66. The highest BCUT2D eigenvalue weighted by atomic mass is 32.2. The van der Waals surface area contributed by atoms with Crippen LogP contribution in [0.4, 0.5) is 4.79 Å². The third-order valence-corrected chi connectivity index (χ3v) is 4.00. The number of nitrogens with zero attached hydrogens (tertiary/aromatic N) is 1. The van der Waals surface area contributed by atoms with Crippen LogP contribution in [0.1, 0.15) is 31.1 Å². The molecule has 0 spiro atoms. The Morgan fingerprint density at radius 2 is 1.67 bits per heavy atom. The third kappa shape index (κ3) is 5.18. The van der Waals surface area contributed by atoms with Gasteiger partial charge in [0.1, 0.15) is 5.60 Å². The van der Waals surface area contributed by atoms with E-state index in [0.717, 1.165) is 0 Å². The molecule has 0 N–H and O–H groups in total. The lowest BCUT2D eigenvalue weighted by molar-refractivity contribution is 0.0593. The Morgan fingerprint density at radius 3 is 2.10 bits per heavy atom. The van der Waals surface area contributed by atoms with Crippen LogP contribution in [0.25, 0.3) is 0 Å². The van der Waals surface area contributed by atoms with Gasteiger partial charge in [0.15, 0.2) is 0 Å². The predicted molar refractivity (Wildman–Crippen MR) is 78.8 cm³/mol. The number of methoxy groups -OCH3 is 1. The highest BCUT2D eigenvalue weighted by Gasteiger charge is 2.18. The smallest absolute Gasteiger partial charge is 0.442 e. The molecular weight excluding hydrogens is 294 g/mol. The Bertz CT molecular complexity index is 649. The number of carbonyl (C=O) groups excluding carboxylic acids is 2. The Labute approximate surface area is 124 Å². The van der Waals surface area contributed by atoms with Crippen LogP contribution >= 0.6 is 0 Å². The van der Waals surface area contributed by atoms with Crippen molar-refractivity contribution in [1.82, 2.24) is 0 Å². The van der Waals surface area contributed by atoms with E-state index in [-0.39, 0.29) is 0 Å². The highest BCUT2D eigenvalue weighted by Crippen LogP contribution is 2.15. The van der Waals surface area contributed by atoms with Gasteiger partial charge >= 0.3 is 12.1 Å². The minimum absolute atomic E-state index is 0.328. The zero-order valence-corrected chi connectivity index (χ0v) is 13.5. The molecule has 1 amide bonds. The van der Waals surface area contributed by atoms with Gasteiger partial charge in [-0.3, -0.25) is 0 Å². The summed E-state index contributed by atoms with van der Waals surface area (Å²) in [5.41, 5.74) is -0.376. The van der Waals surface area contributed by atoms with Crippen molar-refractivity contribution in [3.63, 3.8) is 0 Å². The van der Waals surface area contributed by atoms with Crippen LogP contribution < -0.4 is 0 Å². The van der Waals surface area contributed by atoms with Gasteiger partial charge in [-0.15, -0.1) is 4.36 Å². The molecule has 1 atom stereocenters. The quantitative estimate of drug-likeness (QED) is 0.784. The molecule has 0 aliphatic carbocycles. The molecule has 1 aromatic rings. The van der Waals surface area contributed by atoms with Crippen molar-refractivity contribution in [3.05, 3.63) is 29.8 Å². The van der Waals surface area contributed by atoms with Gasteiger partial charge < -0.3 is 9.47 Å². The zero-order chi connectivity index (χ0) is 16.3. The summed E-state index contributed by atoms with van der Waals surface area (Å²) < 4.78 is 25.6. The molecular formula is C14H19NO5S. The largest absolute Gasteiger partial charge is 0.465 e. The van der Waals surface area contributed by atoms with E-state index in [1.807, 2.05) is 0 Å². The summed E-state index contributed by atoms with van der Waals surface area (Å²) >= 11 is 0. The lowest BCUT2D eigenvalue weighted by atomic mass is 10.2. The minimum atomic E-state index is -2.93. The molecule has 6 nitrogen and oxygen atoms in total. The molecule has 1 rings (SSSR count). The van der Waals surface area contributed by atoms with Crippen molar-refractivity contribution in [2.75, 3.05) is 13.4 Å².